The molecule has 1 rings (SSSR count). The van der Waals surface area contributed by atoms with Crippen molar-refractivity contribution >= 4 is 11.3 Å². The molecule has 2 nitrogen and oxygen atoms in total. The second kappa shape index (κ2) is 6.38. The maximum absolute atomic E-state index is 5.72. The number of nitrogens with zero attached hydrogens (tertiary/aromatic N) is 1. The van der Waals surface area contributed by atoms with E-state index < -0.39 is 0 Å². The van der Waals surface area contributed by atoms with Crippen LogP contribution >= 0.6 is 11.3 Å². The van der Waals surface area contributed by atoms with E-state index in [-0.39, 0.29) is 0 Å². The number of rotatable bonds is 6. The van der Waals surface area contributed by atoms with Gasteiger partial charge in [0.1, 0.15) is 0 Å². The van der Waals surface area contributed by atoms with Gasteiger partial charge >= 0.3 is 0 Å². The lowest BCUT2D eigenvalue weighted by molar-refractivity contribution is 0.153. The molecule has 1 heterocycles. The second-order valence-electron chi connectivity index (χ2n) is 4.75. The summed E-state index contributed by atoms with van der Waals surface area (Å²) in [7, 11) is 2.20. The Bertz CT molecular complexity index is 284. The second-order valence-corrected chi connectivity index (χ2v) is 5.78. The van der Waals surface area contributed by atoms with Crippen LogP contribution in [0.15, 0.2) is 17.5 Å². The van der Waals surface area contributed by atoms with Gasteiger partial charge in [0.2, 0.25) is 0 Å². The van der Waals surface area contributed by atoms with E-state index in [0.29, 0.717) is 18.0 Å². The lowest BCUT2D eigenvalue weighted by Gasteiger charge is -2.34. The molecule has 0 aromatic carbocycles. The molecule has 3 heteroatoms. The molecule has 0 saturated heterocycles. The number of nitrogens with two attached hydrogens (primary N) is 1. The van der Waals surface area contributed by atoms with Gasteiger partial charge in [-0.15, -0.1) is 11.3 Å². The quantitative estimate of drug-likeness (QED) is 0.828. The smallest absolute Gasteiger partial charge is 0.0115 e. The number of hydrogen-bond donors (Lipinski definition) is 1. The lowest BCUT2D eigenvalue weighted by Crippen LogP contribution is -2.43. The van der Waals surface area contributed by atoms with Crippen LogP contribution < -0.4 is 5.73 Å². The van der Waals surface area contributed by atoms with Crippen LogP contribution in [0.25, 0.3) is 0 Å². The molecular weight excluding hydrogens is 216 g/mol. The van der Waals surface area contributed by atoms with Gasteiger partial charge in [0.25, 0.3) is 0 Å². The lowest BCUT2D eigenvalue weighted by atomic mass is 10.0. The van der Waals surface area contributed by atoms with E-state index in [0.717, 1.165) is 13.0 Å². The maximum atomic E-state index is 5.72. The van der Waals surface area contributed by atoms with Crippen LogP contribution in [-0.2, 0) is 6.42 Å². The van der Waals surface area contributed by atoms with Gasteiger partial charge in [0, 0.05) is 17.0 Å². The van der Waals surface area contributed by atoms with Crippen molar-refractivity contribution in [2.75, 3.05) is 13.6 Å². The molecule has 0 aliphatic heterocycles. The van der Waals surface area contributed by atoms with Gasteiger partial charge < -0.3 is 10.6 Å². The minimum atomic E-state index is 0.542. The molecule has 1 aromatic rings. The van der Waals surface area contributed by atoms with Gasteiger partial charge in [-0.05, 0) is 51.2 Å². The van der Waals surface area contributed by atoms with Crippen LogP contribution in [0, 0.1) is 5.92 Å². The molecule has 0 bridgehead atoms. The van der Waals surface area contributed by atoms with Gasteiger partial charge in [0.15, 0.2) is 0 Å². The van der Waals surface area contributed by atoms with Crippen LogP contribution in [0.3, 0.4) is 0 Å². The zero-order valence-electron chi connectivity index (χ0n) is 10.8. The Morgan fingerprint density at radius 2 is 2.06 bits per heavy atom. The summed E-state index contributed by atoms with van der Waals surface area (Å²) in [6.07, 6.45) is 1.13. The molecule has 3 atom stereocenters. The Morgan fingerprint density at radius 3 is 2.56 bits per heavy atom. The maximum Gasteiger partial charge on any atom is 0.0115 e. The predicted molar refractivity (Wildman–Crippen MR) is 72.9 cm³/mol. The molecule has 0 radical (unpaired) electrons. The highest BCUT2D eigenvalue weighted by Gasteiger charge is 2.20. The molecule has 0 fully saturated rings. The first-order valence-corrected chi connectivity index (χ1v) is 6.88. The number of thiophene rings is 1. The minimum Gasteiger partial charge on any atom is -0.330 e. The molecule has 0 spiro atoms. The van der Waals surface area contributed by atoms with Crippen molar-refractivity contribution < 1.29 is 0 Å². The van der Waals surface area contributed by atoms with E-state index in [1.807, 2.05) is 11.3 Å². The Kier molecular flexibility index (Phi) is 5.46. The molecule has 0 aliphatic rings. The Morgan fingerprint density at radius 1 is 1.38 bits per heavy atom. The average Bonchev–Trinajstić information content (AvgIpc) is 2.78. The molecule has 2 N–H and O–H groups in total. The number of likely N-dealkylation sites (N-methyl/N-ethyl adjacent to an activating group) is 1. The van der Waals surface area contributed by atoms with Crippen LogP contribution in [0.4, 0.5) is 0 Å². The molecule has 3 unspecified atom stereocenters. The largest absolute Gasteiger partial charge is 0.330 e. The van der Waals surface area contributed by atoms with Crippen molar-refractivity contribution in [1.82, 2.24) is 4.90 Å². The van der Waals surface area contributed by atoms with Gasteiger partial charge in [0.05, 0.1) is 0 Å². The normalized spacial score (nSPS) is 17.4. The van der Waals surface area contributed by atoms with Crippen molar-refractivity contribution in [3.8, 4) is 0 Å². The van der Waals surface area contributed by atoms with E-state index in [9.17, 15) is 0 Å². The zero-order chi connectivity index (χ0) is 12.1. The first-order chi connectivity index (χ1) is 7.56. The fourth-order valence-electron chi connectivity index (χ4n) is 1.86. The Balaban J connectivity index is 2.50. The highest BCUT2D eigenvalue weighted by atomic mass is 32.1. The van der Waals surface area contributed by atoms with Crippen molar-refractivity contribution in [1.29, 1.82) is 0 Å². The van der Waals surface area contributed by atoms with E-state index >= 15 is 0 Å². The third-order valence-electron chi connectivity index (χ3n) is 3.61. The Labute approximate surface area is 103 Å². The number of hydrogen-bond acceptors (Lipinski definition) is 3. The summed E-state index contributed by atoms with van der Waals surface area (Å²) in [4.78, 5) is 3.91. The highest BCUT2D eigenvalue weighted by Crippen LogP contribution is 2.17. The van der Waals surface area contributed by atoms with Crippen molar-refractivity contribution in [3.05, 3.63) is 22.4 Å². The fraction of sp³-hybridized carbons (Fsp3) is 0.692. The zero-order valence-corrected chi connectivity index (χ0v) is 11.6. The summed E-state index contributed by atoms with van der Waals surface area (Å²) < 4.78 is 0. The highest BCUT2D eigenvalue weighted by molar-refractivity contribution is 7.09. The van der Waals surface area contributed by atoms with Gasteiger partial charge in [-0.3, -0.25) is 0 Å². The minimum absolute atomic E-state index is 0.542. The SMILES string of the molecule is CC(CN)C(C)N(C)C(C)Cc1cccs1. The molecule has 0 amide bonds. The summed E-state index contributed by atoms with van der Waals surface area (Å²) in [5.74, 6) is 0.552. The van der Waals surface area contributed by atoms with E-state index in [4.69, 9.17) is 5.73 Å². The third-order valence-corrected chi connectivity index (χ3v) is 4.51. The first kappa shape index (κ1) is 13.7. The third kappa shape index (κ3) is 3.58. The van der Waals surface area contributed by atoms with Crippen LogP contribution in [0.1, 0.15) is 25.6 Å². The summed E-state index contributed by atoms with van der Waals surface area (Å²) >= 11 is 1.84. The van der Waals surface area contributed by atoms with E-state index in [1.165, 1.54) is 4.88 Å². The van der Waals surface area contributed by atoms with Crippen LogP contribution in [-0.4, -0.2) is 30.6 Å². The summed E-state index contributed by atoms with van der Waals surface area (Å²) in [5, 5.41) is 2.15. The summed E-state index contributed by atoms with van der Waals surface area (Å²) in [5.41, 5.74) is 5.72. The monoisotopic (exact) mass is 240 g/mol. The summed E-state index contributed by atoms with van der Waals surface area (Å²) in [6, 6.07) is 5.45. The van der Waals surface area contributed by atoms with E-state index in [1.54, 1.807) is 0 Å². The topological polar surface area (TPSA) is 29.3 Å². The molecule has 0 aliphatic carbocycles. The molecule has 0 saturated carbocycles. The van der Waals surface area contributed by atoms with Crippen molar-refractivity contribution in [2.45, 2.75) is 39.3 Å². The van der Waals surface area contributed by atoms with Gasteiger partial charge in [-0.1, -0.05) is 13.0 Å². The first-order valence-electron chi connectivity index (χ1n) is 6.00. The predicted octanol–water partition coefficient (Wildman–Crippen LogP) is 2.59. The van der Waals surface area contributed by atoms with Gasteiger partial charge in [-0.25, -0.2) is 0 Å². The van der Waals surface area contributed by atoms with Crippen LogP contribution in [0.2, 0.25) is 0 Å². The molecule has 16 heavy (non-hydrogen) atoms. The molecule has 1 aromatic heterocycles. The molecular formula is C13H24N2S. The summed E-state index contributed by atoms with van der Waals surface area (Å²) in [6.45, 7) is 7.54. The standard InChI is InChI=1S/C13H24N2S/c1-10(9-14)12(3)15(4)11(2)8-13-6-5-7-16-13/h5-7,10-12H,8-9,14H2,1-4H3. The Hall–Kier alpha value is -0.380. The average molecular weight is 240 g/mol. The van der Waals surface area contributed by atoms with E-state index in [2.05, 4.69) is 50.2 Å². The van der Waals surface area contributed by atoms with Gasteiger partial charge in [-0.2, -0.15) is 0 Å². The van der Waals surface area contributed by atoms with Crippen LogP contribution in [0.5, 0.6) is 0 Å². The fourth-order valence-corrected chi connectivity index (χ4v) is 2.69. The molecule has 92 valence electrons. The van der Waals surface area contributed by atoms with Crippen molar-refractivity contribution in [3.63, 3.8) is 0 Å². The van der Waals surface area contributed by atoms with Crippen molar-refractivity contribution in [2.24, 2.45) is 11.7 Å².